The van der Waals surface area contributed by atoms with Crippen molar-refractivity contribution in [2.45, 2.75) is 43.9 Å². The van der Waals surface area contributed by atoms with E-state index < -0.39 is 7.60 Å². The average molecular weight is 300 g/mol. The molecule has 0 aromatic heterocycles. The van der Waals surface area contributed by atoms with Gasteiger partial charge in [0.2, 0.25) is 0 Å². The van der Waals surface area contributed by atoms with Gasteiger partial charge in [0.25, 0.3) is 0 Å². The first kappa shape index (κ1) is 16.5. The SMILES string of the molecule is CCCCCC/C(=C/P(=O)(O)O)Sc1ccccc1. The molecule has 0 heterocycles. The van der Waals surface area contributed by atoms with E-state index in [-0.39, 0.29) is 0 Å². The summed E-state index contributed by atoms with van der Waals surface area (Å²) >= 11 is 1.44. The monoisotopic (exact) mass is 300 g/mol. The van der Waals surface area contributed by atoms with Crippen LogP contribution in [0.4, 0.5) is 0 Å². The van der Waals surface area contributed by atoms with Crippen molar-refractivity contribution in [2.75, 3.05) is 0 Å². The number of rotatable bonds is 8. The van der Waals surface area contributed by atoms with Gasteiger partial charge < -0.3 is 9.79 Å². The molecule has 1 rings (SSSR count). The van der Waals surface area contributed by atoms with Crippen molar-refractivity contribution >= 4 is 19.4 Å². The fourth-order valence-electron chi connectivity index (χ4n) is 1.70. The summed E-state index contributed by atoms with van der Waals surface area (Å²) < 4.78 is 11.1. The van der Waals surface area contributed by atoms with Crippen LogP contribution in [0.15, 0.2) is 45.9 Å². The van der Waals surface area contributed by atoms with E-state index >= 15 is 0 Å². The van der Waals surface area contributed by atoms with Crippen molar-refractivity contribution in [3.05, 3.63) is 41.1 Å². The minimum absolute atomic E-state index is 0.727. The zero-order valence-corrected chi connectivity index (χ0v) is 12.9. The summed E-state index contributed by atoms with van der Waals surface area (Å²) in [5.41, 5.74) is 0. The summed E-state index contributed by atoms with van der Waals surface area (Å²) in [6, 6.07) is 9.68. The quantitative estimate of drug-likeness (QED) is 0.412. The average Bonchev–Trinajstić information content (AvgIpc) is 2.34. The molecule has 0 bridgehead atoms. The van der Waals surface area contributed by atoms with Gasteiger partial charge in [-0.1, -0.05) is 56.1 Å². The van der Waals surface area contributed by atoms with Crippen LogP contribution in [0.1, 0.15) is 39.0 Å². The molecule has 0 radical (unpaired) electrons. The molecule has 0 saturated carbocycles. The summed E-state index contributed by atoms with van der Waals surface area (Å²) in [6.45, 7) is 2.14. The second kappa shape index (κ2) is 8.60. The first-order valence-corrected chi connectivity index (χ1v) is 9.01. The van der Waals surface area contributed by atoms with Gasteiger partial charge in [0.05, 0.1) is 0 Å². The van der Waals surface area contributed by atoms with Gasteiger partial charge in [-0.3, -0.25) is 4.57 Å². The van der Waals surface area contributed by atoms with Crippen LogP contribution in [0, 0.1) is 0 Å². The Balaban J connectivity index is 2.65. The normalized spacial score (nSPS) is 12.7. The van der Waals surface area contributed by atoms with Gasteiger partial charge in [-0.25, -0.2) is 0 Å². The molecule has 19 heavy (non-hydrogen) atoms. The highest BCUT2D eigenvalue weighted by atomic mass is 32.2. The zero-order valence-electron chi connectivity index (χ0n) is 11.2. The van der Waals surface area contributed by atoms with E-state index in [1.54, 1.807) is 0 Å². The molecule has 3 nitrogen and oxygen atoms in total. The third-order valence-electron chi connectivity index (χ3n) is 2.58. The lowest BCUT2D eigenvalue weighted by atomic mass is 10.1. The summed E-state index contributed by atoms with van der Waals surface area (Å²) in [6.07, 6.45) is 5.12. The van der Waals surface area contributed by atoms with Gasteiger partial charge in [0.15, 0.2) is 0 Å². The van der Waals surface area contributed by atoms with Crippen molar-refractivity contribution in [1.29, 1.82) is 0 Å². The molecule has 0 spiro atoms. The van der Waals surface area contributed by atoms with Gasteiger partial charge in [0.1, 0.15) is 0 Å². The van der Waals surface area contributed by atoms with Crippen LogP contribution in [0.25, 0.3) is 0 Å². The van der Waals surface area contributed by atoms with E-state index in [9.17, 15) is 4.57 Å². The van der Waals surface area contributed by atoms with Gasteiger partial charge in [-0.15, -0.1) is 0 Å². The Bertz CT molecular complexity index is 439. The van der Waals surface area contributed by atoms with E-state index in [2.05, 4.69) is 6.92 Å². The topological polar surface area (TPSA) is 57.5 Å². The molecule has 0 amide bonds. The third kappa shape index (κ3) is 8.27. The molecule has 5 heteroatoms. The van der Waals surface area contributed by atoms with Crippen molar-refractivity contribution in [3.63, 3.8) is 0 Å². The summed E-state index contributed by atoms with van der Waals surface area (Å²) in [4.78, 5) is 20.0. The minimum Gasteiger partial charge on any atom is -0.321 e. The molecule has 106 valence electrons. The molecule has 0 fully saturated rings. The Kier molecular flexibility index (Phi) is 7.47. The molecule has 0 unspecified atom stereocenters. The number of hydrogen-bond donors (Lipinski definition) is 2. The number of unbranched alkanes of at least 4 members (excludes halogenated alkanes) is 3. The van der Waals surface area contributed by atoms with Crippen molar-refractivity contribution in [1.82, 2.24) is 0 Å². The van der Waals surface area contributed by atoms with E-state index in [0.29, 0.717) is 0 Å². The summed E-state index contributed by atoms with van der Waals surface area (Å²) in [7, 11) is -4.10. The Morgan fingerprint density at radius 3 is 2.47 bits per heavy atom. The molecule has 2 N–H and O–H groups in total. The Morgan fingerprint density at radius 2 is 1.89 bits per heavy atom. The molecule has 0 aliphatic carbocycles. The second-order valence-electron chi connectivity index (χ2n) is 4.41. The van der Waals surface area contributed by atoms with Gasteiger partial charge in [-0.2, -0.15) is 0 Å². The molecular formula is C14H21O3PS. The predicted octanol–water partition coefficient (Wildman–Crippen LogP) is 4.77. The van der Waals surface area contributed by atoms with Crippen LogP contribution < -0.4 is 0 Å². The predicted molar refractivity (Wildman–Crippen MR) is 81.2 cm³/mol. The number of hydrogen-bond acceptors (Lipinski definition) is 2. The third-order valence-corrected chi connectivity index (χ3v) is 4.50. The van der Waals surface area contributed by atoms with Crippen molar-refractivity contribution in [2.24, 2.45) is 0 Å². The van der Waals surface area contributed by atoms with Crippen LogP contribution in [0.3, 0.4) is 0 Å². The minimum atomic E-state index is -4.10. The Labute approximate surface area is 119 Å². The summed E-state index contributed by atoms with van der Waals surface area (Å²) in [5.74, 6) is 1.11. The van der Waals surface area contributed by atoms with Crippen LogP contribution in [-0.2, 0) is 4.57 Å². The fourth-order valence-corrected chi connectivity index (χ4v) is 3.66. The number of benzene rings is 1. The number of allylic oxidation sites excluding steroid dienone is 1. The standard InChI is InChI=1S/C14H21O3PS/c1-2-3-4-6-11-14(12-18(15,16)17)19-13-9-7-5-8-10-13/h5,7-10,12H,2-4,6,11H2,1H3,(H2,15,16,17)/b14-12-. The van der Waals surface area contributed by atoms with Crippen LogP contribution in [0.5, 0.6) is 0 Å². The Hall–Kier alpha value is -0.540. The maximum absolute atomic E-state index is 11.1. The van der Waals surface area contributed by atoms with E-state index in [1.165, 1.54) is 18.2 Å². The number of thioether (sulfide) groups is 1. The fraction of sp³-hybridized carbons (Fsp3) is 0.429. The lowest BCUT2D eigenvalue weighted by molar-refractivity contribution is 0.386. The first-order chi connectivity index (χ1) is 9.01. The van der Waals surface area contributed by atoms with Gasteiger partial charge >= 0.3 is 7.60 Å². The summed E-state index contributed by atoms with van der Waals surface area (Å²) in [5, 5.41) is 0. The maximum atomic E-state index is 11.1. The van der Waals surface area contributed by atoms with Crippen molar-refractivity contribution in [3.8, 4) is 0 Å². The molecule has 0 saturated heterocycles. The lowest BCUT2D eigenvalue weighted by Gasteiger charge is -2.08. The molecule has 0 atom stereocenters. The van der Waals surface area contributed by atoms with Crippen LogP contribution in [0.2, 0.25) is 0 Å². The van der Waals surface area contributed by atoms with Gasteiger partial charge in [0, 0.05) is 10.7 Å². The highest BCUT2D eigenvalue weighted by Crippen LogP contribution is 2.43. The highest BCUT2D eigenvalue weighted by molar-refractivity contribution is 8.03. The molecule has 1 aromatic carbocycles. The largest absolute Gasteiger partial charge is 0.349 e. The van der Waals surface area contributed by atoms with Gasteiger partial charge in [-0.05, 0) is 29.9 Å². The Morgan fingerprint density at radius 1 is 1.21 bits per heavy atom. The smallest absolute Gasteiger partial charge is 0.321 e. The molecule has 0 aliphatic rings. The van der Waals surface area contributed by atoms with E-state index in [0.717, 1.165) is 41.3 Å². The lowest BCUT2D eigenvalue weighted by Crippen LogP contribution is -1.83. The zero-order chi connectivity index (χ0) is 14.1. The highest BCUT2D eigenvalue weighted by Gasteiger charge is 2.12. The molecule has 0 aliphatic heterocycles. The van der Waals surface area contributed by atoms with Crippen LogP contribution in [-0.4, -0.2) is 9.79 Å². The van der Waals surface area contributed by atoms with E-state index in [4.69, 9.17) is 9.79 Å². The van der Waals surface area contributed by atoms with E-state index in [1.807, 2.05) is 30.3 Å². The molecule has 1 aromatic rings. The first-order valence-electron chi connectivity index (χ1n) is 6.51. The van der Waals surface area contributed by atoms with Crippen LogP contribution >= 0.6 is 19.4 Å². The second-order valence-corrected chi connectivity index (χ2v) is 7.05. The molecular weight excluding hydrogens is 279 g/mol. The maximum Gasteiger partial charge on any atom is 0.349 e. The van der Waals surface area contributed by atoms with Crippen molar-refractivity contribution < 1.29 is 14.4 Å².